The number of hydrogen-bond donors (Lipinski definition) is 3. The van der Waals surface area contributed by atoms with Crippen molar-refractivity contribution in [3.8, 4) is 0 Å². The average Bonchev–Trinajstić information content (AvgIpc) is 2.90. The molecule has 2 aromatic carbocycles. The zero-order valence-corrected chi connectivity index (χ0v) is 28.0. The molecule has 2 unspecified atom stereocenters. The normalized spacial score (nSPS) is 12.6. The van der Waals surface area contributed by atoms with Crippen LogP contribution in [0.25, 0.3) is 0 Å². The molecule has 44 heavy (non-hydrogen) atoms. The van der Waals surface area contributed by atoms with E-state index in [0.717, 1.165) is 48.8 Å². The van der Waals surface area contributed by atoms with Gasteiger partial charge in [0.05, 0.1) is 17.1 Å². The van der Waals surface area contributed by atoms with Crippen LogP contribution in [-0.2, 0) is 19.1 Å². The van der Waals surface area contributed by atoms with E-state index in [1.165, 1.54) is 4.90 Å². The zero-order chi connectivity index (χ0) is 33.0. The number of hydrogen-bond acceptors (Lipinski definition) is 5. The number of amides is 4. The van der Waals surface area contributed by atoms with Crippen molar-refractivity contribution in [2.24, 2.45) is 5.73 Å². The predicted octanol–water partition coefficient (Wildman–Crippen LogP) is 6.90. The fourth-order valence-corrected chi connectivity index (χ4v) is 5.31. The van der Waals surface area contributed by atoms with Crippen molar-refractivity contribution in [2.75, 3.05) is 11.9 Å². The van der Waals surface area contributed by atoms with Crippen molar-refractivity contribution in [1.82, 2.24) is 10.2 Å². The quantitative estimate of drug-likeness (QED) is 0.185. The molecule has 0 saturated carbocycles. The molecule has 2 atom stereocenters. The first kappa shape index (κ1) is 36.6. The second-order valence-corrected chi connectivity index (χ2v) is 12.8. The summed E-state index contributed by atoms with van der Waals surface area (Å²) in [5, 5.41) is 5.86. The lowest BCUT2D eigenvalue weighted by atomic mass is 9.95. The van der Waals surface area contributed by atoms with E-state index in [1.54, 1.807) is 32.9 Å². The van der Waals surface area contributed by atoms with Crippen LogP contribution in [-0.4, -0.2) is 46.9 Å². The summed E-state index contributed by atoms with van der Waals surface area (Å²) in [6.07, 6.45) is 4.41. The number of para-hydroxylation sites is 1. The van der Waals surface area contributed by atoms with Gasteiger partial charge in [-0.05, 0) is 70.7 Å². The highest BCUT2D eigenvalue weighted by Crippen LogP contribution is 2.31. The standard InChI is InChI=1S/C34H49ClN4O5/c1-8-9-10-11-12-13-19-39(32(42)27(21-28(36)40)37-33(43)44-34(5,6)7)30(25-18-17-22(2)20-24(25)4)31(41)38-29-23(3)15-14-16-26(29)35/h14-18,20,27,30H,8-13,19,21H2,1-7H3,(H2,36,40)(H,37,43)(H,38,41). The van der Waals surface area contributed by atoms with Gasteiger partial charge in [0, 0.05) is 6.54 Å². The second-order valence-electron chi connectivity index (χ2n) is 12.4. The molecule has 0 bridgehead atoms. The van der Waals surface area contributed by atoms with E-state index in [2.05, 4.69) is 17.6 Å². The second kappa shape index (κ2) is 17.0. The molecule has 0 aliphatic rings. The van der Waals surface area contributed by atoms with Crippen LogP contribution in [0, 0.1) is 20.8 Å². The smallest absolute Gasteiger partial charge is 0.408 e. The number of rotatable bonds is 15. The number of aryl methyl sites for hydroxylation is 3. The third-order valence-corrected chi connectivity index (χ3v) is 7.50. The molecule has 2 aromatic rings. The van der Waals surface area contributed by atoms with Gasteiger partial charge >= 0.3 is 6.09 Å². The maximum absolute atomic E-state index is 14.4. The molecule has 0 fully saturated rings. The van der Waals surface area contributed by atoms with Crippen LogP contribution in [0.3, 0.4) is 0 Å². The molecule has 0 radical (unpaired) electrons. The Bertz CT molecular complexity index is 1290. The molecule has 10 heteroatoms. The first-order chi connectivity index (χ1) is 20.6. The Morgan fingerprint density at radius 3 is 2.20 bits per heavy atom. The van der Waals surface area contributed by atoms with Gasteiger partial charge in [-0.3, -0.25) is 14.4 Å². The molecule has 0 heterocycles. The van der Waals surface area contributed by atoms with Crippen molar-refractivity contribution >= 4 is 41.1 Å². The van der Waals surface area contributed by atoms with Crippen LogP contribution in [0.15, 0.2) is 36.4 Å². The fourth-order valence-electron chi connectivity index (χ4n) is 5.05. The van der Waals surface area contributed by atoms with Gasteiger partial charge in [0.25, 0.3) is 5.91 Å². The molecule has 0 aliphatic heterocycles. The molecular formula is C34H49ClN4O5. The maximum Gasteiger partial charge on any atom is 0.408 e. The highest BCUT2D eigenvalue weighted by atomic mass is 35.5. The van der Waals surface area contributed by atoms with Crippen molar-refractivity contribution in [3.05, 3.63) is 63.7 Å². The van der Waals surface area contributed by atoms with Gasteiger partial charge in [-0.25, -0.2) is 4.79 Å². The van der Waals surface area contributed by atoms with Crippen LogP contribution < -0.4 is 16.4 Å². The summed E-state index contributed by atoms with van der Waals surface area (Å²) < 4.78 is 5.38. The van der Waals surface area contributed by atoms with Gasteiger partial charge in [-0.1, -0.05) is 86.5 Å². The van der Waals surface area contributed by atoms with Gasteiger partial charge in [0.2, 0.25) is 11.8 Å². The Morgan fingerprint density at radius 2 is 1.61 bits per heavy atom. The molecule has 242 valence electrons. The van der Waals surface area contributed by atoms with Gasteiger partial charge in [-0.15, -0.1) is 0 Å². The summed E-state index contributed by atoms with van der Waals surface area (Å²) >= 11 is 6.47. The lowest BCUT2D eigenvalue weighted by Crippen LogP contribution is -2.53. The third-order valence-electron chi connectivity index (χ3n) is 7.18. The Hall–Kier alpha value is -3.59. The van der Waals surface area contributed by atoms with E-state index < -0.39 is 47.9 Å². The number of carbonyl (C=O) groups excluding carboxylic acids is 4. The Morgan fingerprint density at radius 1 is 0.955 bits per heavy atom. The molecule has 4 N–H and O–H groups in total. The Balaban J connectivity index is 2.61. The lowest BCUT2D eigenvalue weighted by molar-refractivity contribution is -0.142. The van der Waals surface area contributed by atoms with Crippen molar-refractivity contribution in [1.29, 1.82) is 0 Å². The first-order valence-corrected chi connectivity index (χ1v) is 15.7. The third kappa shape index (κ3) is 11.5. The number of nitrogens with one attached hydrogen (secondary N) is 2. The molecule has 4 amide bonds. The maximum atomic E-state index is 14.4. The first-order valence-electron chi connectivity index (χ1n) is 15.4. The van der Waals surface area contributed by atoms with E-state index in [0.29, 0.717) is 22.7 Å². The van der Waals surface area contributed by atoms with Crippen LogP contribution in [0.1, 0.15) is 101 Å². The summed E-state index contributed by atoms with van der Waals surface area (Å²) in [7, 11) is 0. The highest BCUT2D eigenvalue weighted by molar-refractivity contribution is 6.34. The topological polar surface area (TPSA) is 131 Å². The number of unbranched alkanes of at least 4 members (excludes halogenated alkanes) is 5. The van der Waals surface area contributed by atoms with Gasteiger partial charge in [0.1, 0.15) is 17.7 Å². The van der Waals surface area contributed by atoms with Crippen LogP contribution in [0.4, 0.5) is 10.5 Å². The Labute approximate surface area is 267 Å². The highest BCUT2D eigenvalue weighted by Gasteiger charge is 2.37. The molecular weight excluding hydrogens is 580 g/mol. The number of carbonyl (C=O) groups is 4. The number of anilines is 1. The number of benzene rings is 2. The summed E-state index contributed by atoms with van der Waals surface area (Å²) in [6.45, 7) is 13.1. The molecule has 0 aromatic heterocycles. The molecule has 0 aliphatic carbocycles. The van der Waals surface area contributed by atoms with Gasteiger partial charge in [-0.2, -0.15) is 0 Å². The minimum Gasteiger partial charge on any atom is -0.444 e. The molecule has 2 rings (SSSR count). The SMILES string of the molecule is CCCCCCCCN(C(=O)C(CC(N)=O)NC(=O)OC(C)(C)C)C(C(=O)Nc1c(C)cccc1Cl)c1ccc(C)cc1C. The molecule has 9 nitrogen and oxygen atoms in total. The monoisotopic (exact) mass is 628 g/mol. The summed E-state index contributed by atoms with van der Waals surface area (Å²) in [4.78, 5) is 55.0. The Kier molecular flexibility index (Phi) is 14.2. The number of alkyl carbamates (subject to hydrolysis) is 1. The summed E-state index contributed by atoms with van der Waals surface area (Å²) in [5.41, 5.74) is 8.33. The van der Waals surface area contributed by atoms with E-state index in [-0.39, 0.29) is 6.54 Å². The van der Waals surface area contributed by atoms with E-state index >= 15 is 0 Å². The molecule has 0 saturated heterocycles. The number of nitrogens with two attached hydrogens (primary N) is 1. The van der Waals surface area contributed by atoms with Crippen LogP contribution in [0.5, 0.6) is 0 Å². The van der Waals surface area contributed by atoms with Gasteiger partial charge < -0.3 is 26.0 Å². The summed E-state index contributed by atoms with van der Waals surface area (Å²) in [5.74, 6) is -1.86. The fraction of sp³-hybridized carbons (Fsp3) is 0.529. The molecule has 0 spiro atoms. The minimum absolute atomic E-state index is 0.211. The average molecular weight is 629 g/mol. The van der Waals surface area contributed by atoms with Gasteiger partial charge in [0.15, 0.2) is 0 Å². The number of primary amides is 1. The van der Waals surface area contributed by atoms with E-state index in [1.807, 2.05) is 45.0 Å². The predicted molar refractivity (Wildman–Crippen MR) is 176 cm³/mol. The zero-order valence-electron chi connectivity index (χ0n) is 27.2. The largest absolute Gasteiger partial charge is 0.444 e. The van der Waals surface area contributed by atoms with E-state index in [4.69, 9.17) is 22.1 Å². The number of nitrogens with zero attached hydrogens (tertiary/aromatic N) is 1. The number of halogens is 1. The van der Waals surface area contributed by atoms with Crippen LogP contribution in [0.2, 0.25) is 5.02 Å². The van der Waals surface area contributed by atoms with Crippen LogP contribution >= 0.6 is 11.6 Å². The number of ether oxygens (including phenoxy) is 1. The van der Waals surface area contributed by atoms with Crippen molar-refractivity contribution in [3.63, 3.8) is 0 Å². The van der Waals surface area contributed by atoms with Crippen molar-refractivity contribution < 1.29 is 23.9 Å². The minimum atomic E-state index is -1.34. The lowest BCUT2D eigenvalue weighted by Gasteiger charge is -2.35. The van der Waals surface area contributed by atoms with E-state index in [9.17, 15) is 19.2 Å². The summed E-state index contributed by atoms with van der Waals surface area (Å²) in [6, 6.07) is 8.54. The van der Waals surface area contributed by atoms with Crippen molar-refractivity contribution in [2.45, 2.75) is 111 Å².